The van der Waals surface area contributed by atoms with E-state index in [-0.39, 0.29) is 19.1 Å². The first-order valence-electron chi connectivity index (χ1n) is 27.0. The minimum atomic E-state index is -4.33. The summed E-state index contributed by atoms with van der Waals surface area (Å²) in [5.74, 6) is -0.180. The zero-order valence-corrected chi connectivity index (χ0v) is 43.7. The molecule has 3 N–H and O–H groups in total. The van der Waals surface area contributed by atoms with Gasteiger partial charge in [-0.1, -0.05) is 229 Å². The predicted octanol–water partition coefficient (Wildman–Crippen LogP) is 16.0. The molecule has 0 saturated heterocycles. The minimum Gasteiger partial charge on any atom is -0.387 e. The molecule has 8 nitrogen and oxygen atoms in total. The molecule has 3 unspecified atom stereocenters. The number of hydrogen-bond donors (Lipinski definition) is 3. The summed E-state index contributed by atoms with van der Waals surface area (Å²) in [6, 6.07) is -0.842. The molecule has 0 aromatic rings. The smallest absolute Gasteiger partial charge is 0.387 e. The van der Waals surface area contributed by atoms with Gasteiger partial charge >= 0.3 is 7.82 Å². The van der Waals surface area contributed by atoms with E-state index >= 15 is 0 Å². The molecular weight excluding hydrogens is 816 g/mol. The number of carbonyl (C=O) groups is 1. The van der Waals surface area contributed by atoms with Crippen LogP contribution in [0.4, 0.5) is 0 Å². The van der Waals surface area contributed by atoms with Crippen LogP contribution in [0.5, 0.6) is 0 Å². The molecule has 0 aromatic heterocycles. The van der Waals surface area contributed by atoms with Crippen LogP contribution in [0.2, 0.25) is 0 Å². The first-order valence-corrected chi connectivity index (χ1v) is 28.5. The van der Waals surface area contributed by atoms with Crippen LogP contribution < -0.4 is 5.32 Å². The molecule has 9 heteroatoms. The Morgan fingerprint density at radius 1 is 0.531 bits per heavy atom. The number of unbranched alkanes of at least 4 members (excludes halogenated alkanes) is 30. The highest BCUT2D eigenvalue weighted by molar-refractivity contribution is 7.47. The van der Waals surface area contributed by atoms with Crippen LogP contribution in [0.25, 0.3) is 0 Å². The molecular formula is C55H106N2O6P+. The highest BCUT2D eigenvalue weighted by Crippen LogP contribution is 2.43. The van der Waals surface area contributed by atoms with Crippen LogP contribution in [0, 0.1) is 0 Å². The molecule has 0 aliphatic rings. The van der Waals surface area contributed by atoms with Gasteiger partial charge in [0.05, 0.1) is 39.9 Å². The van der Waals surface area contributed by atoms with Crippen LogP contribution in [-0.4, -0.2) is 73.4 Å². The molecule has 376 valence electrons. The van der Waals surface area contributed by atoms with E-state index in [4.69, 9.17) is 9.05 Å². The Balaban J connectivity index is 3.84. The summed E-state index contributed by atoms with van der Waals surface area (Å²) in [6.45, 7) is 4.75. The second-order valence-corrected chi connectivity index (χ2v) is 21.1. The second-order valence-electron chi connectivity index (χ2n) is 19.6. The molecule has 0 spiro atoms. The van der Waals surface area contributed by atoms with Crippen molar-refractivity contribution in [2.45, 2.75) is 257 Å². The number of phosphoric ester groups is 1. The summed E-state index contributed by atoms with van der Waals surface area (Å²) in [6.07, 6.45) is 61.1. The lowest BCUT2D eigenvalue weighted by Crippen LogP contribution is -2.45. The Kier molecular flexibility index (Phi) is 45.4. The highest BCUT2D eigenvalue weighted by atomic mass is 31.2. The quantitative estimate of drug-likeness (QED) is 0.0243. The van der Waals surface area contributed by atoms with Crippen LogP contribution in [0.15, 0.2) is 48.6 Å². The molecule has 0 bridgehead atoms. The van der Waals surface area contributed by atoms with Crippen molar-refractivity contribution in [2.24, 2.45) is 0 Å². The number of aliphatic hydroxyl groups excluding tert-OH is 1. The number of carbonyl (C=O) groups excluding carboxylic acids is 1. The number of allylic oxidation sites excluding steroid dienone is 7. The molecule has 0 aliphatic carbocycles. The molecule has 1 amide bonds. The fraction of sp³-hybridized carbons (Fsp3) is 0.836. The summed E-state index contributed by atoms with van der Waals surface area (Å²) in [7, 11) is 1.57. The maximum Gasteiger partial charge on any atom is 0.472 e. The van der Waals surface area contributed by atoms with Gasteiger partial charge in [-0.3, -0.25) is 13.8 Å². The number of rotatable bonds is 49. The van der Waals surface area contributed by atoms with Gasteiger partial charge in [0.15, 0.2) is 0 Å². The van der Waals surface area contributed by atoms with Gasteiger partial charge in [-0.2, -0.15) is 0 Å². The van der Waals surface area contributed by atoms with Gasteiger partial charge in [0.2, 0.25) is 5.91 Å². The highest BCUT2D eigenvalue weighted by Gasteiger charge is 2.27. The molecule has 0 heterocycles. The van der Waals surface area contributed by atoms with E-state index in [0.717, 1.165) is 51.4 Å². The third-order valence-electron chi connectivity index (χ3n) is 12.0. The summed E-state index contributed by atoms with van der Waals surface area (Å²) in [4.78, 5) is 23.1. The molecule has 0 saturated carbocycles. The number of quaternary nitrogens is 1. The van der Waals surface area contributed by atoms with Gasteiger partial charge in [0.1, 0.15) is 13.2 Å². The fourth-order valence-corrected chi connectivity index (χ4v) is 8.49. The molecule has 64 heavy (non-hydrogen) atoms. The van der Waals surface area contributed by atoms with E-state index < -0.39 is 20.0 Å². The molecule has 0 fully saturated rings. The van der Waals surface area contributed by atoms with Crippen LogP contribution in [0.1, 0.15) is 245 Å². The van der Waals surface area contributed by atoms with Crippen molar-refractivity contribution in [1.82, 2.24) is 5.32 Å². The molecule has 0 aliphatic heterocycles. The second kappa shape index (κ2) is 46.6. The van der Waals surface area contributed by atoms with E-state index in [2.05, 4.69) is 55.6 Å². The number of aliphatic hydroxyl groups is 1. The van der Waals surface area contributed by atoms with Crippen LogP contribution in [-0.2, 0) is 18.4 Å². The van der Waals surface area contributed by atoms with Crippen molar-refractivity contribution < 1.29 is 32.9 Å². The SMILES string of the molecule is CCCCCCC/C=C\C/C=C\C/C=C\CCCCCCCCCCCCCCCCCCCCCCC(=O)NC(COP(=O)(O)OCC[N+](C)(C)C)C(O)/C=C/CCCCCCC. The van der Waals surface area contributed by atoms with Gasteiger partial charge in [-0.25, -0.2) is 4.57 Å². The monoisotopic (exact) mass is 922 g/mol. The molecule has 3 atom stereocenters. The molecule has 0 aromatic carbocycles. The van der Waals surface area contributed by atoms with Gasteiger partial charge in [-0.05, 0) is 57.8 Å². The topological polar surface area (TPSA) is 105 Å². The largest absolute Gasteiger partial charge is 0.472 e. The Morgan fingerprint density at radius 2 is 0.891 bits per heavy atom. The summed E-state index contributed by atoms with van der Waals surface area (Å²) in [5.41, 5.74) is 0. The van der Waals surface area contributed by atoms with E-state index in [0.29, 0.717) is 17.4 Å². The van der Waals surface area contributed by atoms with Crippen LogP contribution >= 0.6 is 7.82 Å². The van der Waals surface area contributed by atoms with E-state index in [1.807, 2.05) is 27.2 Å². The van der Waals surface area contributed by atoms with Crippen molar-refractivity contribution in [3.8, 4) is 0 Å². The van der Waals surface area contributed by atoms with Crippen molar-refractivity contribution in [3.63, 3.8) is 0 Å². The first-order chi connectivity index (χ1) is 31.0. The van der Waals surface area contributed by atoms with Crippen molar-refractivity contribution in [3.05, 3.63) is 48.6 Å². The number of phosphoric acid groups is 1. The predicted molar refractivity (Wildman–Crippen MR) is 277 cm³/mol. The van der Waals surface area contributed by atoms with Crippen molar-refractivity contribution in [2.75, 3.05) is 40.9 Å². The maximum atomic E-state index is 12.8. The fourth-order valence-electron chi connectivity index (χ4n) is 7.76. The number of hydrogen-bond acceptors (Lipinski definition) is 5. The maximum absolute atomic E-state index is 12.8. The Morgan fingerprint density at radius 3 is 1.30 bits per heavy atom. The van der Waals surface area contributed by atoms with Gasteiger partial charge in [0.25, 0.3) is 0 Å². The summed E-state index contributed by atoms with van der Waals surface area (Å²) >= 11 is 0. The summed E-state index contributed by atoms with van der Waals surface area (Å²) < 4.78 is 23.5. The third kappa shape index (κ3) is 48.4. The van der Waals surface area contributed by atoms with Crippen LogP contribution in [0.3, 0.4) is 0 Å². The number of nitrogens with one attached hydrogen (secondary N) is 1. The average molecular weight is 922 g/mol. The third-order valence-corrected chi connectivity index (χ3v) is 13.0. The minimum absolute atomic E-state index is 0.0615. The Labute approximate surface area is 397 Å². The lowest BCUT2D eigenvalue weighted by Gasteiger charge is -2.25. The Hall–Kier alpha value is -1.54. The first kappa shape index (κ1) is 62.5. The number of amides is 1. The van der Waals surface area contributed by atoms with E-state index in [1.165, 1.54) is 173 Å². The lowest BCUT2D eigenvalue weighted by molar-refractivity contribution is -0.870. The van der Waals surface area contributed by atoms with Gasteiger partial charge in [-0.15, -0.1) is 0 Å². The molecule has 0 radical (unpaired) electrons. The summed E-state index contributed by atoms with van der Waals surface area (Å²) in [5, 5.41) is 13.7. The van der Waals surface area contributed by atoms with Gasteiger partial charge in [0, 0.05) is 6.42 Å². The zero-order chi connectivity index (χ0) is 47.1. The standard InChI is InChI=1S/C55H105N2O6P/c1-6-8-10-12-14-15-16-17-18-19-20-21-22-23-24-25-26-27-28-29-30-31-32-33-34-35-36-37-38-39-40-41-43-45-47-49-55(59)56-53(54(58)48-46-44-42-13-11-9-7-2)52-63-64(60,61)62-51-50-57(3,4)5/h16-17,19-20,22-23,46,48,53-54,58H,6-15,18,21,24-45,47,49-52H2,1-5H3,(H-,56,59,60,61)/p+1/b17-16-,20-19-,23-22-,48-46+. The van der Waals surface area contributed by atoms with Crippen molar-refractivity contribution in [1.29, 1.82) is 0 Å². The lowest BCUT2D eigenvalue weighted by atomic mass is 10.0. The Bertz CT molecular complexity index is 1180. The van der Waals surface area contributed by atoms with Crippen molar-refractivity contribution >= 4 is 13.7 Å². The van der Waals surface area contributed by atoms with E-state index in [9.17, 15) is 19.4 Å². The zero-order valence-electron chi connectivity index (χ0n) is 42.8. The average Bonchev–Trinajstić information content (AvgIpc) is 3.25. The van der Waals surface area contributed by atoms with Gasteiger partial charge < -0.3 is 19.8 Å². The normalized spacial score (nSPS) is 14.4. The number of nitrogens with zero attached hydrogens (tertiary/aromatic N) is 1. The number of likely N-dealkylation sites (N-methyl/N-ethyl adjacent to an activating group) is 1. The van der Waals surface area contributed by atoms with E-state index in [1.54, 1.807) is 6.08 Å². The molecule has 0 rings (SSSR count).